The van der Waals surface area contributed by atoms with E-state index in [1.165, 1.54) is 12.1 Å². The van der Waals surface area contributed by atoms with Crippen LogP contribution in [0.25, 0.3) is 11.1 Å². The van der Waals surface area contributed by atoms with Crippen LogP contribution >= 0.6 is 0 Å². The van der Waals surface area contributed by atoms with Crippen molar-refractivity contribution in [2.45, 2.75) is 57.8 Å². The Balaban J connectivity index is 1.62. The van der Waals surface area contributed by atoms with Gasteiger partial charge in [0.25, 0.3) is 5.91 Å². The number of anilines is 2. The number of aromatic nitrogens is 1. The number of cyclic esters (lactones) is 1. The molecule has 1 aliphatic heterocycles. The molecular weight excluding hydrogens is 507 g/mol. The molecule has 4 aromatic rings. The molecule has 1 aliphatic rings. The maximum atomic E-state index is 14.7. The van der Waals surface area contributed by atoms with Gasteiger partial charge >= 0.3 is 5.97 Å². The second-order valence-electron chi connectivity index (χ2n) is 10.5. The van der Waals surface area contributed by atoms with Crippen LogP contribution in [0.15, 0.2) is 91.1 Å². The quantitative estimate of drug-likeness (QED) is 0.248. The fourth-order valence-electron chi connectivity index (χ4n) is 5.42. The van der Waals surface area contributed by atoms with E-state index < -0.39 is 12.2 Å². The van der Waals surface area contributed by atoms with Gasteiger partial charge < -0.3 is 14.4 Å². The van der Waals surface area contributed by atoms with Gasteiger partial charge in [0, 0.05) is 48.2 Å². The normalized spacial score (nSPS) is 17.1. The number of aliphatic hydroxyl groups excluding tert-OH is 1. The number of aliphatic hydroxyl groups is 1. The minimum Gasteiger partial charge on any atom is -0.462 e. The number of carbonyl (C=O) groups is 2. The molecule has 0 aliphatic carbocycles. The molecule has 0 bridgehead atoms. The number of amides is 1. The Bertz CT molecular complexity index is 1470. The molecule has 7 heteroatoms. The standard InChI is InChI=1S/C33H33FN2O4/c1-22(2)32-31(33(39)36(25-11-7-4-8-12-25)26-15-13-24(34)14-16-26)29(23-9-5-3-6-10-23)21-35(32)18-17-28-19-27(37)20-30(38)40-28/h3-16,21-22,27-28,37H,17-20H2,1-2H3/t27-,28-/m1/s1. The maximum absolute atomic E-state index is 14.7. The van der Waals surface area contributed by atoms with Crippen molar-refractivity contribution in [3.05, 3.63) is 108 Å². The van der Waals surface area contributed by atoms with Gasteiger partial charge in [0.15, 0.2) is 0 Å². The highest BCUT2D eigenvalue weighted by Crippen LogP contribution is 2.37. The molecule has 1 saturated heterocycles. The first-order valence-corrected chi connectivity index (χ1v) is 13.6. The van der Waals surface area contributed by atoms with Crippen molar-refractivity contribution in [1.82, 2.24) is 4.57 Å². The van der Waals surface area contributed by atoms with Crippen LogP contribution in [-0.4, -0.2) is 33.8 Å². The summed E-state index contributed by atoms with van der Waals surface area (Å²) in [5, 5.41) is 10.1. The molecule has 40 heavy (non-hydrogen) atoms. The first-order chi connectivity index (χ1) is 19.3. The number of hydrogen-bond acceptors (Lipinski definition) is 4. The van der Waals surface area contributed by atoms with Gasteiger partial charge in [-0.15, -0.1) is 0 Å². The lowest BCUT2D eigenvalue weighted by Crippen LogP contribution is -2.33. The molecular formula is C33H33FN2O4. The Morgan fingerprint density at radius 2 is 1.62 bits per heavy atom. The Kier molecular flexibility index (Phi) is 8.12. The van der Waals surface area contributed by atoms with Crippen molar-refractivity contribution in [1.29, 1.82) is 0 Å². The van der Waals surface area contributed by atoms with Crippen molar-refractivity contribution < 1.29 is 23.8 Å². The maximum Gasteiger partial charge on any atom is 0.308 e. The lowest BCUT2D eigenvalue weighted by Gasteiger charge is -2.27. The number of hydrogen-bond donors (Lipinski definition) is 1. The van der Waals surface area contributed by atoms with Crippen molar-refractivity contribution in [2.24, 2.45) is 0 Å². The molecule has 1 aromatic heterocycles. The number of halogens is 1. The largest absolute Gasteiger partial charge is 0.462 e. The zero-order valence-corrected chi connectivity index (χ0v) is 22.7. The number of rotatable bonds is 8. The first-order valence-electron chi connectivity index (χ1n) is 13.6. The summed E-state index contributed by atoms with van der Waals surface area (Å²) in [7, 11) is 0. The van der Waals surface area contributed by atoms with E-state index in [4.69, 9.17) is 4.74 Å². The molecule has 0 radical (unpaired) electrons. The van der Waals surface area contributed by atoms with E-state index >= 15 is 0 Å². The fraction of sp³-hybridized carbons (Fsp3) is 0.273. The van der Waals surface area contributed by atoms with Crippen LogP contribution in [0.5, 0.6) is 0 Å². The Morgan fingerprint density at radius 3 is 2.25 bits per heavy atom. The molecule has 5 rings (SSSR count). The van der Waals surface area contributed by atoms with Gasteiger partial charge in [-0.05, 0) is 47.9 Å². The zero-order valence-electron chi connectivity index (χ0n) is 22.7. The Morgan fingerprint density at radius 1 is 1.00 bits per heavy atom. The molecule has 6 nitrogen and oxygen atoms in total. The number of carbonyl (C=O) groups excluding carboxylic acids is 2. The second kappa shape index (κ2) is 11.9. The molecule has 2 atom stereocenters. The van der Waals surface area contributed by atoms with Crippen LogP contribution in [0, 0.1) is 5.82 Å². The van der Waals surface area contributed by atoms with E-state index in [0.29, 0.717) is 36.3 Å². The van der Waals surface area contributed by atoms with Crippen LogP contribution < -0.4 is 4.90 Å². The van der Waals surface area contributed by atoms with Crippen LogP contribution in [0.2, 0.25) is 0 Å². The molecule has 0 saturated carbocycles. The van der Waals surface area contributed by atoms with E-state index in [0.717, 1.165) is 16.8 Å². The van der Waals surface area contributed by atoms with Crippen molar-refractivity contribution in [2.75, 3.05) is 4.90 Å². The third-order valence-corrected chi connectivity index (χ3v) is 7.20. The highest BCUT2D eigenvalue weighted by atomic mass is 19.1. The summed E-state index contributed by atoms with van der Waals surface area (Å²) in [4.78, 5) is 28.2. The third-order valence-electron chi connectivity index (χ3n) is 7.20. The van der Waals surface area contributed by atoms with Crippen molar-refractivity contribution in [3.63, 3.8) is 0 Å². The predicted octanol–water partition coefficient (Wildman–Crippen LogP) is 6.85. The first kappa shape index (κ1) is 27.3. The van der Waals surface area contributed by atoms with E-state index in [-0.39, 0.29) is 30.0 Å². The van der Waals surface area contributed by atoms with E-state index in [1.807, 2.05) is 80.7 Å². The predicted molar refractivity (Wildman–Crippen MR) is 153 cm³/mol. The van der Waals surface area contributed by atoms with Crippen LogP contribution in [0.3, 0.4) is 0 Å². The van der Waals surface area contributed by atoms with E-state index in [2.05, 4.69) is 4.57 Å². The summed E-state index contributed by atoms with van der Waals surface area (Å²) in [6, 6.07) is 25.0. The number of benzene rings is 3. The van der Waals surface area contributed by atoms with Crippen LogP contribution in [0.1, 0.15) is 55.1 Å². The van der Waals surface area contributed by atoms with Gasteiger partial charge in [-0.1, -0.05) is 62.4 Å². The topological polar surface area (TPSA) is 71.8 Å². The minimum atomic E-state index is -0.701. The summed E-state index contributed by atoms with van der Waals surface area (Å²) < 4.78 is 21.4. The lowest BCUT2D eigenvalue weighted by atomic mass is 9.97. The van der Waals surface area contributed by atoms with E-state index in [9.17, 15) is 19.1 Å². The molecule has 206 valence electrons. The van der Waals surface area contributed by atoms with Gasteiger partial charge in [-0.3, -0.25) is 14.5 Å². The summed E-state index contributed by atoms with van der Waals surface area (Å²) in [5.74, 6) is -1.00. The summed E-state index contributed by atoms with van der Waals surface area (Å²) >= 11 is 0. The average molecular weight is 541 g/mol. The SMILES string of the molecule is CC(C)c1c(C(=O)N(c2ccccc2)c2ccc(F)cc2)c(-c2ccccc2)cn1CC[C@@H]1C[C@@H](O)CC(=O)O1. The molecule has 0 spiro atoms. The highest BCUT2D eigenvalue weighted by molar-refractivity contribution is 6.15. The molecule has 1 fully saturated rings. The molecule has 0 unspecified atom stereocenters. The van der Waals surface area contributed by atoms with Crippen LogP contribution in [-0.2, 0) is 16.1 Å². The lowest BCUT2D eigenvalue weighted by molar-refractivity contribution is -0.160. The summed E-state index contributed by atoms with van der Waals surface area (Å²) in [5.41, 5.74) is 4.34. The van der Waals surface area contributed by atoms with Crippen LogP contribution in [0.4, 0.5) is 15.8 Å². The molecule has 2 heterocycles. The highest BCUT2D eigenvalue weighted by Gasteiger charge is 2.31. The number of aryl methyl sites for hydroxylation is 1. The van der Waals surface area contributed by atoms with Gasteiger partial charge in [0.1, 0.15) is 11.9 Å². The molecule has 1 N–H and O–H groups in total. The van der Waals surface area contributed by atoms with E-state index in [1.54, 1.807) is 17.0 Å². The van der Waals surface area contributed by atoms with Crippen molar-refractivity contribution in [3.8, 4) is 11.1 Å². The van der Waals surface area contributed by atoms with Crippen molar-refractivity contribution >= 4 is 23.3 Å². The minimum absolute atomic E-state index is 0.0123. The van der Waals surface area contributed by atoms with Gasteiger partial charge in [-0.25, -0.2) is 4.39 Å². The number of para-hydroxylation sites is 1. The second-order valence-corrected chi connectivity index (χ2v) is 10.5. The monoisotopic (exact) mass is 540 g/mol. The Labute approximate surface area is 233 Å². The van der Waals surface area contributed by atoms with Gasteiger partial charge in [0.05, 0.1) is 18.1 Å². The molecule has 3 aromatic carbocycles. The molecule has 1 amide bonds. The number of esters is 1. The third kappa shape index (κ3) is 5.84. The van der Waals surface area contributed by atoms with Gasteiger partial charge in [-0.2, -0.15) is 0 Å². The smallest absolute Gasteiger partial charge is 0.308 e. The van der Waals surface area contributed by atoms with Gasteiger partial charge in [0.2, 0.25) is 0 Å². The summed E-state index contributed by atoms with van der Waals surface area (Å²) in [6.45, 7) is 4.60. The summed E-state index contributed by atoms with van der Waals surface area (Å²) in [6.07, 6.45) is 1.83. The Hall–Kier alpha value is -4.23. The fourth-order valence-corrected chi connectivity index (χ4v) is 5.42. The zero-order chi connectivity index (χ0) is 28.2. The number of nitrogens with zero attached hydrogens (tertiary/aromatic N) is 2. The number of ether oxygens (including phenoxy) is 1. The average Bonchev–Trinajstić information content (AvgIpc) is 3.34.